The lowest BCUT2D eigenvalue weighted by atomic mass is 10.2. The molecule has 2 aromatic rings. The van der Waals surface area contributed by atoms with Gasteiger partial charge in [0.05, 0.1) is 25.6 Å². The van der Waals surface area contributed by atoms with E-state index < -0.39 is 11.8 Å². The van der Waals surface area contributed by atoms with Crippen LogP contribution in [0.25, 0.3) is 0 Å². The van der Waals surface area contributed by atoms with Crippen molar-refractivity contribution >= 4 is 34.8 Å². The monoisotopic (exact) mass is 335 g/mol. The van der Waals surface area contributed by atoms with Crippen molar-refractivity contribution in [1.29, 1.82) is 0 Å². The lowest BCUT2D eigenvalue weighted by Gasteiger charge is -2.11. The van der Waals surface area contributed by atoms with Gasteiger partial charge in [0.25, 0.3) is 0 Å². The molecule has 8 heteroatoms. The molecule has 0 spiro atoms. The molecule has 0 unspecified atom stereocenters. The quantitative estimate of drug-likeness (QED) is 0.661. The number of nitrogens with zero attached hydrogens (tertiary/aromatic N) is 1. The third-order valence-electron chi connectivity index (χ3n) is 2.87. The number of halogens is 1. The van der Waals surface area contributed by atoms with Crippen LogP contribution in [-0.4, -0.2) is 31.0 Å². The molecule has 0 aliphatic heterocycles. The Bertz CT molecular complexity index is 736. The van der Waals surface area contributed by atoms with Crippen LogP contribution in [0.2, 0.25) is 5.15 Å². The van der Waals surface area contributed by atoms with Gasteiger partial charge < -0.3 is 20.1 Å². The zero-order valence-corrected chi connectivity index (χ0v) is 13.2. The van der Waals surface area contributed by atoms with Gasteiger partial charge in [0.2, 0.25) is 0 Å². The lowest BCUT2D eigenvalue weighted by Crippen LogP contribution is -2.29. The molecular weight excluding hydrogens is 322 g/mol. The molecule has 0 aliphatic rings. The van der Waals surface area contributed by atoms with Crippen LogP contribution < -0.4 is 20.1 Å². The van der Waals surface area contributed by atoms with E-state index in [1.54, 1.807) is 24.3 Å². The molecular formula is C15H14ClN3O4. The first-order chi connectivity index (χ1) is 11.0. The average Bonchev–Trinajstić information content (AvgIpc) is 2.57. The van der Waals surface area contributed by atoms with Crippen molar-refractivity contribution in [2.24, 2.45) is 0 Å². The van der Waals surface area contributed by atoms with Crippen molar-refractivity contribution in [3.63, 3.8) is 0 Å². The van der Waals surface area contributed by atoms with Gasteiger partial charge in [0.1, 0.15) is 11.5 Å². The Morgan fingerprint density at radius 3 is 2.35 bits per heavy atom. The summed E-state index contributed by atoms with van der Waals surface area (Å²) in [6.45, 7) is 0. The van der Waals surface area contributed by atoms with Gasteiger partial charge in [-0.05, 0) is 24.3 Å². The third kappa shape index (κ3) is 4.10. The maximum Gasteiger partial charge on any atom is 0.314 e. The van der Waals surface area contributed by atoms with E-state index in [0.717, 1.165) is 0 Å². The number of benzene rings is 1. The summed E-state index contributed by atoms with van der Waals surface area (Å²) in [5.74, 6) is -0.817. The molecule has 23 heavy (non-hydrogen) atoms. The molecule has 1 heterocycles. The summed E-state index contributed by atoms with van der Waals surface area (Å²) in [7, 11) is 2.96. The van der Waals surface area contributed by atoms with Crippen molar-refractivity contribution < 1.29 is 19.1 Å². The Morgan fingerprint density at radius 2 is 1.74 bits per heavy atom. The number of hydrogen-bond donors (Lipinski definition) is 2. The van der Waals surface area contributed by atoms with Crippen LogP contribution in [0, 0.1) is 0 Å². The Balaban J connectivity index is 2.10. The number of pyridine rings is 1. The third-order valence-corrected chi connectivity index (χ3v) is 3.17. The zero-order chi connectivity index (χ0) is 16.8. The molecule has 7 nitrogen and oxygen atoms in total. The second kappa shape index (κ2) is 7.46. The molecule has 0 atom stereocenters. The fraction of sp³-hybridized carbons (Fsp3) is 0.133. The number of methoxy groups -OCH3 is 2. The normalized spacial score (nSPS) is 9.87. The maximum absolute atomic E-state index is 12.0. The minimum absolute atomic E-state index is 0.0932. The number of rotatable bonds is 4. The van der Waals surface area contributed by atoms with E-state index in [1.165, 1.54) is 26.5 Å². The van der Waals surface area contributed by atoms with Crippen LogP contribution in [0.4, 0.5) is 11.4 Å². The number of hydrogen-bond acceptors (Lipinski definition) is 5. The van der Waals surface area contributed by atoms with E-state index in [-0.39, 0.29) is 10.8 Å². The van der Waals surface area contributed by atoms with Crippen LogP contribution in [-0.2, 0) is 9.59 Å². The number of ether oxygens (including phenoxy) is 2. The summed E-state index contributed by atoms with van der Waals surface area (Å²) < 4.78 is 10.2. The summed E-state index contributed by atoms with van der Waals surface area (Å²) in [4.78, 5) is 27.7. The number of anilines is 2. The van der Waals surface area contributed by atoms with Gasteiger partial charge in [-0.15, -0.1) is 0 Å². The van der Waals surface area contributed by atoms with E-state index in [4.69, 9.17) is 21.1 Å². The topological polar surface area (TPSA) is 89.5 Å². The van der Waals surface area contributed by atoms with Crippen molar-refractivity contribution in [3.05, 3.63) is 41.7 Å². The van der Waals surface area contributed by atoms with E-state index >= 15 is 0 Å². The predicted molar refractivity (Wildman–Crippen MR) is 86.1 cm³/mol. The van der Waals surface area contributed by atoms with E-state index in [1.807, 2.05) is 0 Å². The number of carbonyl (C=O) groups is 2. The van der Waals surface area contributed by atoms with Gasteiger partial charge in [-0.25, -0.2) is 4.98 Å². The highest BCUT2D eigenvalue weighted by Crippen LogP contribution is 2.29. The summed E-state index contributed by atoms with van der Waals surface area (Å²) >= 11 is 5.82. The van der Waals surface area contributed by atoms with Gasteiger partial charge in [-0.3, -0.25) is 9.59 Å². The molecule has 120 valence electrons. The van der Waals surface area contributed by atoms with E-state index in [2.05, 4.69) is 15.6 Å². The molecule has 2 amide bonds. The Hall–Kier alpha value is -2.80. The summed E-state index contributed by atoms with van der Waals surface area (Å²) in [5.41, 5.74) is 0.585. The number of nitrogens with one attached hydrogen (secondary N) is 2. The van der Waals surface area contributed by atoms with E-state index in [0.29, 0.717) is 17.2 Å². The molecule has 0 aliphatic carbocycles. The summed E-state index contributed by atoms with van der Waals surface area (Å²) in [6.07, 6.45) is 1.47. The molecule has 2 N–H and O–H groups in total. The molecule has 0 saturated carbocycles. The fourth-order valence-corrected chi connectivity index (χ4v) is 1.91. The first kappa shape index (κ1) is 16.6. The maximum atomic E-state index is 12.0. The van der Waals surface area contributed by atoms with Gasteiger partial charge in [0.15, 0.2) is 5.15 Å². The molecule has 2 rings (SSSR count). The molecule has 1 aromatic heterocycles. The first-order valence-electron chi connectivity index (χ1n) is 6.50. The van der Waals surface area contributed by atoms with Crippen LogP contribution in [0.3, 0.4) is 0 Å². The molecule has 0 bridgehead atoms. The van der Waals surface area contributed by atoms with Gasteiger partial charge in [0, 0.05) is 12.3 Å². The van der Waals surface area contributed by atoms with Crippen molar-refractivity contribution in [2.75, 3.05) is 24.9 Å². The Morgan fingerprint density at radius 1 is 1.04 bits per heavy atom. The Labute approximate surface area is 137 Å². The van der Waals surface area contributed by atoms with Crippen molar-refractivity contribution in [3.8, 4) is 11.5 Å². The van der Waals surface area contributed by atoms with Crippen molar-refractivity contribution in [1.82, 2.24) is 4.98 Å². The van der Waals surface area contributed by atoms with Gasteiger partial charge >= 0.3 is 11.8 Å². The molecule has 0 radical (unpaired) electrons. The predicted octanol–water partition coefficient (Wildman–Crippen LogP) is 2.33. The first-order valence-corrected chi connectivity index (χ1v) is 6.88. The minimum atomic E-state index is -0.877. The van der Waals surface area contributed by atoms with Crippen LogP contribution >= 0.6 is 11.6 Å². The smallest absolute Gasteiger partial charge is 0.314 e. The highest BCUT2D eigenvalue weighted by molar-refractivity contribution is 6.44. The van der Waals surface area contributed by atoms with Crippen LogP contribution in [0.1, 0.15) is 0 Å². The average molecular weight is 336 g/mol. The van der Waals surface area contributed by atoms with E-state index in [9.17, 15) is 9.59 Å². The minimum Gasteiger partial charge on any atom is -0.497 e. The molecule has 1 aromatic carbocycles. The number of carbonyl (C=O) groups excluding carboxylic acids is 2. The molecule has 0 saturated heterocycles. The van der Waals surface area contributed by atoms with Crippen molar-refractivity contribution in [2.45, 2.75) is 0 Å². The standard InChI is InChI=1S/C15H14ClN3O4/c1-22-9-5-6-10(12(8-9)23-2)18-14(20)15(21)19-11-4-3-7-17-13(11)16/h3-8H,1-2H3,(H,18,20)(H,19,21). The fourth-order valence-electron chi connectivity index (χ4n) is 1.74. The highest BCUT2D eigenvalue weighted by atomic mass is 35.5. The summed E-state index contributed by atoms with van der Waals surface area (Å²) in [6, 6.07) is 7.92. The SMILES string of the molecule is COc1ccc(NC(=O)C(=O)Nc2cccnc2Cl)c(OC)c1. The van der Waals surface area contributed by atoms with Gasteiger partial charge in [-0.2, -0.15) is 0 Å². The largest absolute Gasteiger partial charge is 0.497 e. The van der Waals surface area contributed by atoms with Crippen LogP contribution in [0.5, 0.6) is 11.5 Å². The second-order valence-corrected chi connectivity index (χ2v) is 4.67. The number of aromatic nitrogens is 1. The zero-order valence-electron chi connectivity index (χ0n) is 12.4. The highest BCUT2D eigenvalue weighted by Gasteiger charge is 2.17. The Kier molecular flexibility index (Phi) is 5.37. The number of amides is 2. The van der Waals surface area contributed by atoms with Crippen LogP contribution in [0.15, 0.2) is 36.5 Å². The second-order valence-electron chi connectivity index (χ2n) is 4.32. The lowest BCUT2D eigenvalue weighted by molar-refractivity contribution is -0.133. The molecule has 0 fully saturated rings. The summed E-state index contributed by atoms with van der Waals surface area (Å²) in [5, 5.41) is 4.93. The van der Waals surface area contributed by atoms with Gasteiger partial charge in [-0.1, -0.05) is 11.6 Å².